The molecule has 32 heavy (non-hydrogen) atoms. The Morgan fingerprint density at radius 1 is 1.22 bits per heavy atom. The van der Waals surface area contributed by atoms with Gasteiger partial charge in [-0.1, -0.05) is 0 Å². The third kappa shape index (κ3) is 3.04. The number of nitrogens with one attached hydrogen (secondary N) is 1. The molecular formula is C23H24F3N5O. The minimum Gasteiger partial charge on any atom is -0.369 e. The second-order valence-electron chi connectivity index (χ2n) is 9.14. The van der Waals surface area contributed by atoms with Crippen molar-refractivity contribution in [1.82, 2.24) is 15.2 Å². The maximum absolute atomic E-state index is 14.2. The van der Waals surface area contributed by atoms with Crippen molar-refractivity contribution in [2.24, 2.45) is 10.8 Å². The fourth-order valence-electron chi connectivity index (χ4n) is 5.62. The van der Waals surface area contributed by atoms with Gasteiger partial charge in [0, 0.05) is 43.4 Å². The lowest BCUT2D eigenvalue weighted by Gasteiger charge is -2.25. The molecule has 6 nitrogen and oxygen atoms in total. The lowest BCUT2D eigenvalue weighted by molar-refractivity contribution is -0.191. The molecule has 3 heterocycles. The number of benzene rings is 1. The van der Waals surface area contributed by atoms with Crippen LogP contribution in [0.3, 0.4) is 0 Å². The number of rotatable bonds is 5. The first kappa shape index (κ1) is 21.0. The van der Waals surface area contributed by atoms with Crippen LogP contribution >= 0.6 is 0 Å². The van der Waals surface area contributed by atoms with Crippen molar-refractivity contribution >= 4 is 22.5 Å². The van der Waals surface area contributed by atoms with E-state index in [0.29, 0.717) is 35.2 Å². The molecule has 3 fully saturated rings. The van der Waals surface area contributed by atoms with E-state index in [1.807, 2.05) is 0 Å². The van der Waals surface area contributed by atoms with E-state index in [1.165, 1.54) is 0 Å². The van der Waals surface area contributed by atoms with Crippen LogP contribution in [0, 0.1) is 22.2 Å². The van der Waals surface area contributed by atoms with Gasteiger partial charge in [-0.15, -0.1) is 0 Å². The lowest BCUT2D eigenvalue weighted by atomic mass is 9.94. The van der Waals surface area contributed by atoms with Crippen molar-refractivity contribution in [2.75, 3.05) is 44.2 Å². The molecule has 2 saturated heterocycles. The Morgan fingerprint density at radius 3 is 2.72 bits per heavy atom. The third-order valence-corrected chi connectivity index (χ3v) is 7.41. The summed E-state index contributed by atoms with van der Waals surface area (Å²) in [5.74, 6) is -0.507. The highest BCUT2D eigenvalue weighted by atomic mass is 19.4. The molecule has 1 aliphatic carbocycles. The summed E-state index contributed by atoms with van der Waals surface area (Å²) in [5.41, 5.74) is -2.11. The number of amides is 1. The number of piperidine rings is 1. The monoisotopic (exact) mass is 443 g/mol. The van der Waals surface area contributed by atoms with E-state index >= 15 is 0 Å². The molecule has 5 rings (SSSR count). The molecule has 1 aromatic carbocycles. The summed E-state index contributed by atoms with van der Waals surface area (Å²) in [6.07, 6.45) is -0.855. The molecule has 168 valence electrons. The summed E-state index contributed by atoms with van der Waals surface area (Å²) in [4.78, 5) is 21.2. The number of nitriles is 1. The van der Waals surface area contributed by atoms with Crippen molar-refractivity contribution < 1.29 is 18.0 Å². The van der Waals surface area contributed by atoms with E-state index in [2.05, 4.69) is 21.3 Å². The van der Waals surface area contributed by atoms with E-state index in [9.17, 15) is 23.2 Å². The van der Waals surface area contributed by atoms with E-state index in [4.69, 9.17) is 0 Å². The first-order valence-electron chi connectivity index (χ1n) is 10.9. The first-order valence-corrected chi connectivity index (χ1v) is 10.9. The van der Waals surface area contributed by atoms with Crippen molar-refractivity contribution in [3.8, 4) is 6.07 Å². The predicted molar refractivity (Wildman–Crippen MR) is 113 cm³/mol. The van der Waals surface area contributed by atoms with E-state index in [1.54, 1.807) is 35.4 Å². The predicted octanol–water partition coefficient (Wildman–Crippen LogP) is 3.08. The maximum Gasteiger partial charge on any atom is 0.397 e. The summed E-state index contributed by atoms with van der Waals surface area (Å²) >= 11 is 0. The molecule has 1 amide bonds. The summed E-state index contributed by atoms with van der Waals surface area (Å²) in [5, 5.41) is 12.8. The van der Waals surface area contributed by atoms with Gasteiger partial charge in [0.15, 0.2) is 0 Å². The highest BCUT2D eigenvalue weighted by Crippen LogP contribution is 2.75. The van der Waals surface area contributed by atoms with Crippen LogP contribution in [0.5, 0.6) is 0 Å². The Hall–Kier alpha value is -2.86. The number of carbonyl (C=O) groups excluding carboxylic acids is 1. The normalized spacial score (nSPS) is 27.4. The van der Waals surface area contributed by atoms with Gasteiger partial charge < -0.3 is 15.1 Å². The van der Waals surface area contributed by atoms with Gasteiger partial charge >= 0.3 is 6.18 Å². The summed E-state index contributed by atoms with van der Waals surface area (Å²) in [6.45, 7) is 2.70. The molecule has 2 aromatic rings. The van der Waals surface area contributed by atoms with Gasteiger partial charge in [0.1, 0.15) is 11.5 Å². The van der Waals surface area contributed by atoms with Gasteiger partial charge in [0.2, 0.25) is 5.91 Å². The van der Waals surface area contributed by atoms with Crippen LogP contribution in [0.2, 0.25) is 0 Å². The van der Waals surface area contributed by atoms with Crippen LogP contribution in [0.4, 0.5) is 18.9 Å². The second kappa shape index (κ2) is 7.34. The minimum absolute atomic E-state index is 0.00203. The summed E-state index contributed by atoms with van der Waals surface area (Å²) < 4.78 is 42.6. The fourth-order valence-corrected chi connectivity index (χ4v) is 5.62. The van der Waals surface area contributed by atoms with Gasteiger partial charge in [0.25, 0.3) is 0 Å². The number of nitrogens with zero attached hydrogens (tertiary/aromatic N) is 4. The molecule has 1 aromatic heterocycles. The highest BCUT2D eigenvalue weighted by molar-refractivity contribution is 5.97. The van der Waals surface area contributed by atoms with Gasteiger partial charge in [-0.2, -0.15) is 18.4 Å². The molecule has 9 heteroatoms. The molecular weight excluding hydrogens is 419 g/mol. The first-order chi connectivity index (χ1) is 15.3. The number of alkyl halides is 3. The fraction of sp³-hybridized carbons (Fsp3) is 0.522. The number of aromatic nitrogens is 1. The Kier molecular flexibility index (Phi) is 4.82. The minimum atomic E-state index is -4.48. The number of pyridine rings is 1. The Bertz CT molecular complexity index is 1110. The average Bonchev–Trinajstić information content (AvgIpc) is 3.08. The topological polar surface area (TPSA) is 72.3 Å². The molecule has 2 atom stereocenters. The smallest absolute Gasteiger partial charge is 0.369 e. The Morgan fingerprint density at radius 2 is 2.00 bits per heavy atom. The molecule has 3 aliphatic rings. The van der Waals surface area contributed by atoms with Gasteiger partial charge in [-0.25, -0.2) is 0 Å². The van der Waals surface area contributed by atoms with E-state index < -0.39 is 22.9 Å². The van der Waals surface area contributed by atoms with Crippen molar-refractivity contribution in [3.63, 3.8) is 0 Å². The van der Waals surface area contributed by atoms with Crippen LogP contribution in [0.1, 0.15) is 24.8 Å². The van der Waals surface area contributed by atoms with Crippen LogP contribution in [-0.4, -0.2) is 61.2 Å². The largest absolute Gasteiger partial charge is 0.397 e. The molecule has 0 bridgehead atoms. The molecule has 0 radical (unpaired) electrons. The van der Waals surface area contributed by atoms with Gasteiger partial charge in [0.05, 0.1) is 16.5 Å². The number of hydrogen-bond donors (Lipinski definition) is 1. The number of anilines is 1. The molecule has 1 saturated carbocycles. The number of likely N-dealkylation sites (tertiary alicyclic amines) is 1. The zero-order valence-corrected chi connectivity index (χ0v) is 17.6. The lowest BCUT2D eigenvalue weighted by Crippen LogP contribution is -2.42. The molecule has 0 unspecified atom stereocenters. The Balaban J connectivity index is 1.42. The SMILES string of the molecule is N#Cc1ccc(N2C[C@@]3(C(=O)NCCN4CCCC4)C[C@@]3(C(F)(F)F)C2)c2cccnc12. The van der Waals surface area contributed by atoms with Crippen LogP contribution in [-0.2, 0) is 4.79 Å². The number of carbonyl (C=O) groups is 1. The van der Waals surface area contributed by atoms with Crippen LogP contribution < -0.4 is 10.2 Å². The number of hydrogen-bond acceptors (Lipinski definition) is 5. The van der Waals surface area contributed by atoms with Crippen LogP contribution in [0.15, 0.2) is 30.5 Å². The standard InChI is InChI=1S/C23H24F3N5O/c24-23(25,26)22-13-21(22,20(32)29-8-11-30-9-1-2-10-30)14-31(15-22)18-6-5-16(12-27)19-17(18)4-3-7-28-19/h3-7H,1-2,8-11,13-15H2,(H,29,32)/t21-,22-/m1/s1. The number of fused-ring (bicyclic) bond motifs is 2. The highest BCUT2D eigenvalue weighted by Gasteiger charge is 2.86. The maximum atomic E-state index is 14.2. The third-order valence-electron chi connectivity index (χ3n) is 7.41. The van der Waals surface area contributed by atoms with E-state index in [-0.39, 0.29) is 19.5 Å². The molecule has 1 N–H and O–H groups in total. The van der Waals surface area contributed by atoms with Crippen molar-refractivity contribution in [2.45, 2.75) is 25.4 Å². The molecule has 2 aliphatic heterocycles. The van der Waals surface area contributed by atoms with Gasteiger partial charge in [-0.05, 0) is 56.6 Å². The van der Waals surface area contributed by atoms with Crippen LogP contribution in [0.25, 0.3) is 10.9 Å². The average molecular weight is 443 g/mol. The van der Waals surface area contributed by atoms with Crippen molar-refractivity contribution in [1.29, 1.82) is 5.26 Å². The number of halogens is 3. The zero-order valence-electron chi connectivity index (χ0n) is 17.6. The summed E-state index contributed by atoms with van der Waals surface area (Å²) in [6, 6.07) is 8.78. The Labute approximate surface area is 184 Å². The second-order valence-corrected chi connectivity index (χ2v) is 9.14. The van der Waals surface area contributed by atoms with Gasteiger partial charge in [-0.3, -0.25) is 9.78 Å². The summed E-state index contributed by atoms with van der Waals surface area (Å²) in [7, 11) is 0. The van der Waals surface area contributed by atoms with Crippen molar-refractivity contribution in [3.05, 3.63) is 36.0 Å². The quantitative estimate of drug-likeness (QED) is 0.769. The zero-order chi connectivity index (χ0) is 22.6. The van der Waals surface area contributed by atoms with E-state index in [0.717, 1.165) is 25.9 Å². The molecule has 0 spiro atoms.